The number of benzene rings is 1. The van der Waals surface area contributed by atoms with Gasteiger partial charge < -0.3 is 4.90 Å². The first-order valence-corrected chi connectivity index (χ1v) is 10.6. The molecular weight excluding hydrogens is 358 g/mol. The molecule has 3 rings (SSSR count). The van der Waals surface area contributed by atoms with Crippen molar-refractivity contribution in [1.82, 2.24) is 14.5 Å². The predicted octanol–water partition coefficient (Wildman–Crippen LogP) is 3.71. The van der Waals surface area contributed by atoms with Crippen LogP contribution >= 0.6 is 11.8 Å². The van der Waals surface area contributed by atoms with E-state index >= 15 is 0 Å². The number of hydrogen-bond donors (Lipinski definition) is 0. The molecule has 0 N–H and O–H groups in total. The topological polar surface area (TPSA) is 55.2 Å². The first-order chi connectivity index (χ1) is 13.1. The Morgan fingerprint density at radius 1 is 1.33 bits per heavy atom. The third kappa shape index (κ3) is 4.80. The summed E-state index contributed by atoms with van der Waals surface area (Å²) < 4.78 is 1.59. The molecule has 27 heavy (non-hydrogen) atoms. The summed E-state index contributed by atoms with van der Waals surface area (Å²) in [4.78, 5) is 31.8. The Balaban J connectivity index is 1.71. The smallest absolute Gasteiger partial charge is 0.262 e. The van der Waals surface area contributed by atoms with Crippen LogP contribution in [0.3, 0.4) is 0 Å². The molecule has 0 aliphatic heterocycles. The normalized spacial score (nSPS) is 15.0. The summed E-state index contributed by atoms with van der Waals surface area (Å²) in [7, 11) is 1.88. The monoisotopic (exact) mass is 385 g/mol. The molecular formula is C21H27N3O2S. The number of rotatable bonds is 7. The van der Waals surface area contributed by atoms with Crippen LogP contribution in [0.1, 0.15) is 32.1 Å². The Bertz CT molecular complexity index is 871. The molecule has 1 aromatic carbocycles. The Morgan fingerprint density at radius 2 is 2.07 bits per heavy atom. The van der Waals surface area contributed by atoms with Gasteiger partial charge in [-0.3, -0.25) is 14.2 Å². The van der Waals surface area contributed by atoms with Crippen molar-refractivity contribution in [1.29, 1.82) is 0 Å². The first kappa shape index (κ1) is 19.7. The molecule has 1 aliphatic carbocycles. The summed E-state index contributed by atoms with van der Waals surface area (Å²) in [6.07, 6.45) is 7.98. The Hall–Kier alpha value is -2.08. The van der Waals surface area contributed by atoms with Crippen LogP contribution in [0.25, 0.3) is 10.9 Å². The standard InChI is InChI=1S/C21H27N3O2S/c1-3-13-24-20(26)17-11-7-8-12-18(17)22-21(24)27-15-19(25)23(2)14-16-9-5-4-6-10-16/h3,7-8,11-12,16H,1,4-6,9-10,13-15H2,2H3. The minimum atomic E-state index is -0.0917. The van der Waals surface area contributed by atoms with Crippen LogP contribution in [-0.2, 0) is 11.3 Å². The Kier molecular flexibility index (Phi) is 6.72. The second-order valence-corrected chi connectivity index (χ2v) is 8.13. The van der Waals surface area contributed by atoms with Gasteiger partial charge in [0.1, 0.15) is 0 Å². The highest BCUT2D eigenvalue weighted by atomic mass is 32.2. The maximum atomic E-state index is 12.7. The number of carbonyl (C=O) groups is 1. The van der Waals surface area contributed by atoms with Gasteiger partial charge in [-0.05, 0) is 30.9 Å². The van der Waals surface area contributed by atoms with Gasteiger partial charge in [0, 0.05) is 20.1 Å². The summed E-state index contributed by atoms with van der Waals surface area (Å²) in [5, 5.41) is 1.16. The van der Waals surface area contributed by atoms with E-state index in [-0.39, 0.29) is 17.2 Å². The summed E-state index contributed by atoms with van der Waals surface area (Å²) >= 11 is 1.33. The lowest BCUT2D eigenvalue weighted by Crippen LogP contribution is -2.34. The van der Waals surface area contributed by atoms with E-state index in [1.807, 2.05) is 30.1 Å². The fraction of sp³-hybridized carbons (Fsp3) is 0.476. The van der Waals surface area contributed by atoms with Crippen LogP contribution in [0.4, 0.5) is 0 Å². The zero-order chi connectivity index (χ0) is 19.2. The number of allylic oxidation sites excluding steroid dienone is 1. The number of aromatic nitrogens is 2. The van der Waals surface area contributed by atoms with Gasteiger partial charge in [-0.1, -0.05) is 49.2 Å². The molecule has 5 nitrogen and oxygen atoms in total. The van der Waals surface area contributed by atoms with Gasteiger partial charge in [-0.25, -0.2) is 4.98 Å². The molecule has 1 saturated carbocycles. The molecule has 1 amide bonds. The highest BCUT2D eigenvalue weighted by Gasteiger charge is 2.19. The highest BCUT2D eigenvalue weighted by molar-refractivity contribution is 7.99. The number of amides is 1. The molecule has 0 radical (unpaired) electrons. The van der Waals surface area contributed by atoms with Crippen LogP contribution in [0.15, 0.2) is 46.9 Å². The predicted molar refractivity (Wildman–Crippen MR) is 111 cm³/mol. The molecule has 0 spiro atoms. The number of fused-ring (bicyclic) bond motifs is 1. The van der Waals surface area contributed by atoms with Gasteiger partial charge in [0.2, 0.25) is 5.91 Å². The number of carbonyl (C=O) groups excluding carboxylic acids is 1. The van der Waals surface area contributed by atoms with Crippen molar-refractivity contribution in [2.75, 3.05) is 19.3 Å². The van der Waals surface area contributed by atoms with Crippen molar-refractivity contribution in [2.45, 2.75) is 43.8 Å². The molecule has 0 atom stereocenters. The van der Waals surface area contributed by atoms with Crippen molar-refractivity contribution in [3.05, 3.63) is 47.3 Å². The lowest BCUT2D eigenvalue weighted by molar-refractivity contribution is -0.127. The number of hydrogen-bond acceptors (Lipinski definition) is 4. The molecule has 144 valence electrons. The molecule has 2 aromatic rings. The van der Waals surface area contributed by atoms with Crippen LogP contribution in [-0.4, -0.2) is 39.7 Å². The zero-order valence-electron chi connectivity index (χ0n) is 15.9. The molecule has 1 heterocycles. The fourth-order valence-electron chi connectivity index (χ4n) is 3.64. The van der Waals surface area contributed by atoms with Gasteiger partial charge in [-0.15, -0.1) is 6.58 Å². The number of nitrogens with zero attached hydrogens (tertiary/aromatic N) is 3. The second kappa shape index (κ2) is 9.22. The molecule has 6 heteroatoms. The van der Waals surface area contributed by atoms with Crippen molar-refractivity contribution < 1.29 is 4.79 Å². The Labute approximate surface area is 164 Å². The molecule has 1 fully saturated rings. The summed E-state index contributed by atoms with van der Waals surface area (Å²) in [6.45, 7) is 4.94. The third-order valence-corrected chi connectivity index (χ3v) is 6.11. The zero-order valence-corrected chi connectivity index (χ0v) is 16.7. The van der Waals surface area contributed by atoms with Crippen LogP contribution in [0.2, 0.25) is 0 Å². The maximum Gasteiger partial charge on any atom is 0.262 e. The SMILES string of the molecule is C=CCn1c(SCC(=O)N(C)CC2CCCCC2)nc2ccccc2c1=O. The van der Waals surface area contributed by atoms with Gasteiger partial charge >= 0.3 is 0 Å². The van der Waals surface area contributed by atoms with Gasteiger partial charge in [0.05, 0.1) is 16.7 Å². The maximum absolute atomic E-state index is 12.7. The van der Waals surface area contributed by atoms with E-state index in [1.54, 1.807) is 16.7 Å². The first-order valence-electron chi connectivity index (χ1n) is 9.57. The van der Waals surface area contributed by atoms with Crippen molar-refractivity contribution in [3.8, 4) is 0 Å². The summed E-state index contributed by atoms with van der Waals surface area (Å²) in [5.74, 6) is 0.985. The van der Waals surface area contributed by atoms with Gasteiger partial charge in [0.25, 0.3) is 5.56 Å². The minimum Gasteiger partial charge on any atom is -0.345 e. The molecule has 0 unspecified atom stereocenters. The van der Waals surface area contributed by atoms with E-state index < -0.39 is 0 Å². The van der Waals surface area contributed by atoms with Crippen molar-refractivity contribution >= 4 is 28.6 Å². The second-order valence-electron chi connectivity index (χ2n) is 7.18. The van der Waals surface area contributed by atoms with Crippen LogP contribution in [0, 0.1) is 5.92 Å². The quantitative estimate of drug-likeness (QED) is 0.414. The minimum absolute atomic E-state index is 0.0816. The van der Waals surface area contributed by atoms with E-state index in [4.69, 9.17) is 0 Å². The fourth-order valence-corrected chi connectivity index (χ4v) is 4.59. The molecule has 1 aliphatic rings. The molecule has 0 bridgehead atoms. The largest absolute Gasteiger partial charge is 0.345 e. The van der Waals surface area contributed by atoms with Gasteiger partial charge in [0.15, 0.2) is 5.16 Å². The number of thioether (sulfide) groups is 1. The van der Waals surface area contributed by atoms with E-state index in [0.717, 1.165) is 6.54 Å². The number of para-hydroxylation sites is 1. The Morgan fingerprint density at radius 3 is 2.81 bits per heavy atom. The lowest BCUT2D eigenvalue weighted by Gasteiger charge is -2.27. The lowest BCUT2D eigenvalue weighted by atomic mass is 9.89. The van der Waals surface area contributed by atoms with E-state index in [0.29, 0.717) is 28.5 Å². The van der Waals surface area contributed by atoms with Gasteiger partial charge in [-0.2, -0.15) is 0 Å². The summed E-state index contributed by atoms with van der Waals surface area (Å²) in [6, 6.07) is 7.31. The van der Waals surface area contributed by atoms with Crippen molar-refractivity contribution in [2.24, 2.45) is 5.92 Å². The average Bonchev–Trinajstić information content (AvgIpc) is 2.69. The van der Waals surface area contributed by atoms with E-state index in [9.17, 15) is 9.59 Å². The molecule has 0 saturated heterocycles. The van der Waals surface area contributed by atoms with Crippen molar-refractivity contribution in [3.63, 3.8) is 0 Å². The third-order valence-electron chi connectivity index (χ3n) is 5.15. The van der Waals surface area contributed by atoms with E-state index in [2.05, 4.69) is 11.6 Å². The average molecular weight is 386 g/mol. The highest BCUT2D eigenvalue weighted by Crippen LogP contribution is 2.24. The molecule has 1 aromatic heterocycles. The summed E-state index contributed by atoms with van der Waals surface area (Å²) in [5.41, 5.74) is 0.569. The van der Waals surface area contributed by atoms with E-state index in [1.165, 1.54) is 43.9 Å². The van der Waals surface area contributed by atoms with Crippen LogP contribution in [0.5, 0.6) is 0 Å². The van der Waals surface area contributed by atoms with Crippen LogP contribution < -0.4 is 5.56 Å².